The standard InChI is InChI=1S/C15H19Cl3N2/c16-11-8-12(15(18)13(17)9-11)14(7-10-1-2-10)20-5-3-19-4-6-20/h8-10,14,19H,1-7H2/t14-/m1/s1. The minimum Gasteiger partial charge on any atom is -0.314 e. The van der Waals surface area contributed by atoms with Crippen LogP contribution in [-0.4, -0.2) is 31.1 Å². The summed E-state index contributed by atoms with van der Waals surface area (Å²) in [6.45, 7) is 4.18. The van der Waals surface area contributed by atoms with E-state index in [9.17, 15) is 0 Å². The maximum atomic E-state index is 6.45. The highest BCUT2D eigenvalue weighted by atomic mass is 35.5. The summed E-state index contributed by atoms with van der Waals surface area (Å²) < 4.78 is 0. The summed E-state index contributed by atoms with van der Waals surface area (Å²) >= 11 is 18.8. The molecule has 0 amide bonds. The van der Waals surface area contributed by atoms with E-state index in [1.165, 1.54) is 12.8 Å². The first-order valence-electron chi connectivity index (χ1n) is 7.24. The molecule has 1 aliphatic carbocycles. The highest BCUT2D eigenvalue weighted by Crippen LogP contribution is 2.43. The van der Waals surface area contributed by atoms with Gasteiger partial charge in [-0.25, -0.2) is 0 Å². The zero-order valence-corrected chi connectivity index (χ0v) is 13.6. The highest BCUT2D eigenvalue weighted by Gasteiger charge is 2.32. The van der Waals surface area contributed by atoms with Crippen molar-refractivity contribution in [3.05, 3.63) is 32.8 Å². The third-order valence-electron chi connectivity index (χ3n) is 4.23. The van der Waals surface area contributed by atoms with Crippen LogP contribution in [0.4, 0.5) is 0 Å². The van der Waals surface area contributed by atoms with Gasteiger partial charge >= 0.3 is 0 Å². The van der Waals surface area contributed by atoms with Gasteiger partial charge in [0.15, 0.2) is 0 Å². The van der Waals surface area contributed by atoms with Gasteiger partial charge in [0.25, 0.3) is 0 Å². The molecule has 0 aromatic heterocycles. The van der Waals surface area contributed by atoms with Gasteiger partial charge in [0.1, 0.15) is 0 Å². The Hall–Kier alpha value is 0.01000. The molecule has 1 aliphatic heterocycles. The molecule has 1 aromatic rings. The largest absolute Gasteiger partial charge is 0.314 e. The lowest BCUT2D eigenvalue weighted by atomic mass is 9.98. The molecule has 2 nitrogen and oxygen atoms in total. The monoisotopic (exact) mass is 332 g/mol. The minimum atomic E-state index is 0.341. The predicted molar refractivity (Wildman–Crippen MR) is 86.0 cm³/mol. The Morgan fingerprint density at radius 1 is 1.15 bits per heavy atom. The predicted octanol–water partition coefficient (Wildman–Crippen LogP) is 4.39. The molecule has 5 heteroatoms. The van der Waals surface area contributed by atoms with Crippen LogP contribution in [0.1, 0.15) is 30.9 Å². The lowest BCUT2D eigenvalue weighted by molar-refractivity contribution is 0.160. The summed E-state index contributed by atoms with van der Waals surface area (Å²) in [5.74, 6) is 0.837. The molecule has 1 N–H and O–H groups in total. The fourth-order valence-electron chi connectivity index (χ4n) is 2.95. The fourth-order valence-corrected chi connectivity index (χ4v) is 3.70. The quantitative estimate of drug-likeness (QED) is 0.822. The van der Waals surface area contributed by atoms with Crippen molar-refractivity contribution in [1.82, 2.24) is 10.2 Å². The van der Waals surface area contributed by atoms with E-state index >= 15 is 0 Å². The van der Waals surface area contributed by atoms with Crippen LogP contribution >= 0.6 is 34.8 Å². The normalized spacial score (nSPS) is 21.9. The van der Waals surface area contributed by atoms with Crippen molar-refractivity contribution in [3.63, 3.8) is 0 Å². The van der Waals surface area contributed by atoms with Crippen LogP contribution in [0.5, 0.6) is 0 Å². The number of piperazine rings is 1. The zero-order chi connectivity index (χ0) is 14.1. The van der Waals surface area contributed by atoms with Crippen LogP contribution in [0, 0.1) is 5.92 Å². The van der Waals surface area contributed by atoms with E-state index in [0.717, 1.165) is 44.1 Å². The molecular weight excluding hydrogens is 315 g/mol. The molecule has 0 bridgehead atoms. The summed E-state index contributed by atoms with van der Waals surface area (Å²) in [5.41, 5.74) is 1.10. The summed E-state index contributed by atoms with van der Waals surface area (Å²) in [5, 5.41) is 5.30. The average Bonchev–Trinajstić information content (AvgIpc) is 3.25. The van der Waals surface area contributed by atoms with Crippen molar-refractivity contribution in [2.45, 2.75) is 25.3 Å². The Morgan fingerprint density at radius 2 is 1.85 bits per heavy atom. The van der Waals surface area contributed by atoms with E-state index in [2.05, 4.69) is 10.2 Å². The lowest BCUT2D eigenvalue weighted by Gasteiger charge is -2.36. The van der Waals surface area contributed by atoms with E-state index in [4.69, 9.17) is 34.8 Å². The third kappa shape index (κ3) is 3.42. The molecule has 1 heterocycles. The van der Waals surface area contributed by atoms with Crippen LogP contribution in [-0.2, 0) is 0 Å². The van der Waals surface area contributed by atoms with Gasteiger partial charge in [-0.3, -0.25) is 4.90 Å². The number of nitrogens with zero attached hydrogens (tertiary/aromatic N) is 1. The molecule has 2 aliphatic rings. The van der Waals surface area contributed by atoms with Crippen LogP contribution in [0.3, 0.4) is 0 Å². The van der Waals surface area contributed by atoms with Crippen molar-refractivity contribution >= 4 is 34.8 Å². The molecule has 20 heavy (non-hydrogen) atoms. The summed E-state index contributed by atoms with van der Waals surface area (Å²) in [7, 11) is 0. The Kier molecular flexibility index (Phi) is 4.79. The van der Waals surface area contributed by atoms with Crippen LogP contribution in [0.15, 0.2) is 12.1 Å². The molecule has 1 saturated heterocycles. The van der Waals surface area contributed by atoms with Gasteiger partial charge in [-0.05, 0) is 30.0 Å². The van der Waals surface area contributed by atoms with Crippen LogP contribution in [0.2, 0.25) is 15.1 Å². The maximum absolute atomic E-state index is 6.45. The Bertz CT molecular complexity index is 482. The zero-order valence-electron chi connectivity index (χ0n) is 11.3. The van der Waals surface area contributed by atoms with E-state index in [0.29, 0.717) is 21.1 Å². The Balaban J connectivity index is 1.90. The van der Waals surface area contributed by atoms with Gasteiger partial charge in [0.05, 0.1) is 10.0 Å². The third-order valence-corrected chi connectivity index (χ3v) is 5.26. The van der Waals surface area contributed by atoms with Gasteiger partial charge in [-0.15, -0.1) is 0 Å². The first kappa shape index (κ1) is 14.9. The van der Waals surface area contributed by atoms with Gasteiger partial charge in [-0.2, -0.15) is 0 Å². The van der Waals surface area contributed by atoms with Crippen molar-refractivity contribution in [2.24, 2.45) is 5.92 Å². The topological polar surface area (TPSA) is 15.3 Å². The number of rotatable bonds is 4. The van der Waals surface area contributed by atoms with Gasteiger partial charge in [0.2, 0.25) is 0 Å². The molecule has 0 unspecified atom stereocenters. The number of hydrogen-bond acceptors (Lipinski definition) is 2. The fraction of sp³-hybridized carbons (Fsp3) is 0.600. The van der Waals surface area contributed by atoms with Crippen LogP contribution < -0.4 is 5.32 Å². The molecule has 110 valence electrons. The second kappa shape index (κ2) is 6.41. The van der Waals surface area contributed by atoms with Gasteiger partial charge < -0.3 is 5.32 Å². The van der Waals surface area contributed by atoms with Crippen molar-refractivity contribution in [1.29, 1.82) is 0 Å². The van der Waals surface area contributed by atoms with E-state index in [-0.39, 0.29) is 0 Å². The number of nitrogens with one attached hydrogen (secondary N) is 1. The highest BCUT2D eigenvalue weighted by molar-refractivity contribution is 6.43. The molecule has 2 fully saturated rings. The van der Waals surface area contributed by atoms with E-state index < -0.39 is 0 Å². The second-order valence-corrected chi connectivity index (χ2v) is 6.99. The average molecular weight is 334 g/mol. The first-order valence-corrected chi connectivity index (χ1v) is 8.37. The summed E-state index contributed by atoms with van der Waals surface area (Å²) in [6, 6.07) is 4.06. The van der Waals surface area contributed by atoms with Gasteiger partial charge in [-0.1, -0.05) is 47.6 Å². The van der Waals surface area contributed by atoms with Crippen molar-refractivity contribution < 1.29 is 0 Å². The minimum absolute atomic E-state index is 0.341. The van der Waals surface area contributed by atoms with Crippen LogP contribution in [0.25, 0.3) is 0 Å². The molecule has 1 aromatic carbocycles. The van der Waals surface area contributed by atoms with Crippen molar-refractivity contribution in [2.75, 3.05) is 26.2 Å². The molecule has 3 rings (SSSR count). The first-order chi connectivity index (χ1) is 9.65. The summed E-state index contributed by atoms with van der Waals surface area (Å²) in [6.07, 6.45) is 3.85. The molecule has 0 spiro atoms. The second-order valence-electron chi connectivity index (χ2n) is 5.77. The number of hydrogen-bond donors (Lipinski definition) is 1. The summed E-state index contributed by atoms with van der Waals surface area (Å²) in [4.78, 5) is 2.52. The molecule has 1 atom stereocenters. The van der Waals surface area contributed by atoms with Crippen molar-refractivity contribution in [3.8, 4) is 0 Å². The lowest BCUT2D eigenvalue weighted by Crippen LogP contribution is -2.45. The smallest absolute Gasteiger partial charge is 0.0641 e. The number of halogens is 3. The van der Waals surface area contributed by atoms with E-state index in [1.807, 2.05) is 6.07 Å². The SMILES string of the molecule is Clc1cc(Cl)c(Cl)c([C@@H](CC2CC2)N2CCNCC2)c1. The van der Waals surface area contributed by atoms with Gasteiger partial charge in [0, 0.05) is 37.2 Å². The molecule has 0 radical (unpaired) electrons. The van der Waals surface area contributed by atoms with E-state index in [1.54, 1.807) is 6.07 Å². The molecular formula is C15H19Cl3N2. The number of benzene rings is 1. The molecule has 1 saturated carbocycles. The Morgan fingerprint density at radius 3 is 2.50 bits per heavy atom. The maximum Gasteiger partial charge on any atom is 0.0641 e. The Labute approximate surface area is 135 Å².